The van der Waals surface area contributed by atoms with Gasteiger partial charge in [0.25, 0.3) is 0 Å². The molecule has 88 valence electrons. The van der Waals surface area contributed by atoms with Crippen LogP contribution in [0.2, 0.25) is 0 Å². The molecule has 0 fully saturated rings. The Morgan fingerprint density at radius 2 is 1.24 bits per heavy atom. The largest absolute Gasteiger partial charge is 0.396 e. The summed E-state index contributed by atoms with van der Waals surface area (Å²) < 4.78 is 0. The molecular formula is C15H16O2. The van der Waals surface area contributed by atoms with Crippen LogP contribution in [0.15, 0.2) is 60.7 Å². The summed E-state index contributed by atoms with van der Waals surface area (Å²) >= 11 is 0. The molecule has 0 amide bonds. The minimum Gasteiger partial charge on any atom is -0.396 e. The van der Waals surface area contributed by atoms with Crippen LogP contribution in [0.3, 0.4) is 0 Å². The van der Waals surface area contributed by atoms with Crippen LogP contribution in [0.1, 0.15) is 23.1 Å². The van der Waals surface area contributed by atoms with Crippen molar-refractivity contribution >= 4 is 0 Å². The van der Waals surface area contributed by atoms with Crippen molar-refractivity contribution in [1.82, 2.24) is 0 Å². The highest BCUT2D eigenvalue weighted by molar-refractivity contribution is 5.26. The minimum atomic E-state index is -0.677. The van der Waals surface area contributed by atoms with E-state index in [2.05, 4.69) is 0 Å². The molecule has 0 saturated carbocycles. The quantitative estimate of drug-likeness (QED) is 0.844. The number of hydrogen-bond donors (Lipinski definition) is 2. The van der Waals surface area contributed by atoms with Gasteiger partial charge in [0, 0.05) is 5.92 Å². The van der Waals surface area contributed by atoms with Crippen molar-refractivity contribution in [1.29, 1.82) is 0 Å². The van der Waals surface area contributed by atoms with E-state index < -0.39 is 6.10 Å². The highest BCUT2D eigenvalue weighted by Gasteiger charge is 2.21. The molecule has 0 aliphatic rings. The van der Waals surface area contributed by atoms with Crippen molar-refractivity contribution in [2.24, 2.45) is 0 Å². The lowest BCUT2D eigenvalue weighted by Gasteiger charge is -2.21. The Hall–Kier alpha value is -1.64. The lowest BCUT2D eigenvalue weighted by atomic mass is 9.90. The zero-order valence-electron chi connectivity index (χ0n) is 9.53. The van der Waals surface area contributed by atoms with Crippen LogP contribution >= 0.6 is 0 Å². The molecule has 2 nitrogen and oxygen atoms in total. The van der Waals surface area contributed by atoms with Gasteiger partial charge in [-0.05, 0) is 11.1 Å². The highest BCUT2D eigenvalue weighted by Crippen LogP contribution is 2.30. The number of aliphatic hydroxyl groups excluding tert-OH is 2. The van der Waals surface area contributed by atoms with Gasteiger partial charge in [0.05, 0.1) is 12.7 Å². The van der Waals surface area contributed by atoms with E-state index in [9.17, 15) is 10.2 Å². The first-order chi connectivity index (χ1) is 8.33. The molecular weight excluding hydrogens is 212 g/mol. The fourth-order valence-corrected chi connectivity index (χ4v) is 1.97. The Morgan fingerprint density at radius 1 is 0.765 bits per heavy atom. The Morgan fingerprint density at radius 3 is 1.71 bits per heavy atom. The Bertz CT molecular complexity index is 439. The van der Waals surface area contributed by atoms with Gasteiger partial charge in [-0.15, -0.1) is 0 Å². The van der Waals surface area contributed by atoms with Crippen LogP contribution in [-0.4, -0.2) is 16.8 Å². The molecule has 2 aromatic carbocycles. The van der Waals surface area contributed by atoms with E-state index in [4.69, 9.17) is 0 Å². The predicted molar refractivity (Wildman–Crippen MR) is 67.7 cm³/mol. The molecule has 0 heterocycles. The normalized spacial score (nSPS) is 14.2. The molecule has 2 unspecified atom stereocenters. The summed E-state index contributed by atoms with van der Waals surface area (Å²) in [4.78, 5) is 0. The number of aliphatic hydroxyl groups is 2. The van der Waals surface area contributed by atoms with Crippen molar-refractivity contribution < 1.29 is 10.2 Å². The molecule has 0 saturated heterocycles. The smallest absolute Gasteiger partial charge is 0.0880 e. The average molecular weight is 228 g/mol. The summed E-state index contributed by atoms with van der Waals surface area (Å²) in [5, 5.41) is 19.7. The fourth-order valence-electron chi connectivity index (χ4n) is 1.97. The lowest BCUT2D eigenvalue weighted by Crippen LogP contribution is -2.14. The number of benzene rings is 2. The molecule has 0 aromatic heterocycles. The van der Waals surface area contributed by atoms with E-state index in [0.717, 1.165) is 11.1 Å². The molecule has 0 aliphatic carbocycles. The summed E-state index contributed by atoms with van der Waals surface area (Å²) in [6.45, 7) is -0.0694. The third-order valence-electron chi connectivity index (χ3n) is 2.95. The zero-order valence-corrected chi connectivity index (χ0v) is 9.53. The van der Waals surface area contributed by atoms with Crippen LogP contribution in [0, 0.1) is 0 Å². The van der Waals surface area contributed by atoms with Gasteiger partial charge in [-0.1, -0.05) is 60.7 Å². The molecule has 2 aromatic rings. The van der Waals surface area contributed by atoms with Crippen molar-refractivity contribution in [2.45, 2.75) is 12.0 Å². The Kier molecular flexibility index (Phi) is 3.91. The van der Waals surface area contributed by atoms with Crippen molar-refractivity contribution in [3.63, 3.8) is 0 Å². The number of rotatable bonds is 4. The van der Waals surface area contributed by atoms with Gasteiger partial charge in [-0.2, -0.15) is 0 Å². The van der Waals surface area contributed by atoms with Crippen LogP contribution < -0.4 is 0 Å². The first kappa shape index (κ1) is 11.8. The van der Waals surface area contributed by atoms with Gasteiger partial charge in [0.1, 0.15) is 0 Å². The van der Waals surface area contributed by atoms with Crippen LogP contribution in [0.5, 0.6) is 0 Å². The maximum atomic E-state index is 10.3. The second kappa shape index (κ2) is 5.62. The van der Waals surface area contributed by atoms with Crippen molar-refractivity contribution in [2.75, 3.05) is 6.61 Å². The third-order valence-corrected chi connectivity index (χ3v) is 2.95. The van der Waals surface area contributed by atoms with Crippen molar-refractivity contribution in [3.05, 3.63) is 71.8 Å². The second-order valence-corrected chi connectivity index (χ2v) is 4.06. The third kappa shape index (κ3) is 2.73. The fraction of sp³-hybridized carbons (Fsp3) is 0.200. The van der Waals surface area contributed by atoms with Crippen LogP contribution in [0.4, 0.5) is 0 Å². The number of hydrogen-bond acceptors (Lipinski definition) is 2. The lowest BCUT2D eigenvalue weighted by molar-refractivity contribution is 0.107. The maximum Gasteiger partial charge on any atom is 0.0880 e. The average Bonchev–Trinajstić information content (AvgIpc) is 2.42. The molecule has 17 heavy (non-hydrogen) atoms. The van der Waals surface area contributed by atoms with Gasteiger partial charge in [-0.25, -0.2) is 0 Å². The van der Waals surface area contributed by atoms with Crippen LogP contribution in [-0.2, 0) is 0 Å². The van der Waals surface area contributed by atoms with E-state index in [0.29, 0.717) is 0 Å². The minimum absolute atomic E-state index is 0.0694. The summed E-state index contributed by atoms with van der Waals surface area (Å²) in [5.74, 6) is -0.279. The summed E-state index contributed by atoms with van der Waals surface area (Å²) in [6.07, 6.45) is -0.677. The molecule has 2 N–H and O–H groups in total. The van der Waals surface area contributed by atoms with Crippen molar-refractivity contribution in [3.8, 4) is 0 Å². The van der Waals surface area contributed by atoms with E-state index in [1.807, 2.05) is 60.7 Å². The second-order valence-electron chi connectivity index (χ2n) is 4.06. The molecule has 0 spiro atoms. The Labute approximate surface area is 101 Å². The zero-order chi connectivity index (χ0) is 12.1. The molecule has 0 aliphatic heterocycles. The topological polar surface area (TPSA) is 40.5 Å². The highest BCUT2D eigenvalue weighted by atomic mass is 16.3. The van der Waals surface area contributed by atoms with Gasteiger partial charge in [-0.3, -0.25) is 0 Å². The maximum absolute atomic E-state index is 10.3. The SMILES string of the molecule is OCC(c1ccccc1)C(O)c1ccccc1. The van der Waals surface area contributed by atoms with E-state index in [-0.39, 0.29) is 12.5 Å². The summed E-state index contributed by atoms with van der Waals surface area (Å²) in [6, 6.07) is 19.0. The van der Waals surface area contributed by atoms with Gasteiger partial charge < -0.3 is 10.2 Å². The van der Waals surface area contributed by atoms with E-state index >= 15 is 0 Å². The van der Waals surface area contributed by atoms with E-state index in [1.165, 1.54) is 0 Å². The molecule has 2 heteroatoms. The van der Waals surface area contributed by atoms with Gasteiger partial charge >= 0.3 is 0 Å². The van der Waals surface area contributed by atoms with Crippen LogP contribution in [0.25, 0.3) is 0 Å². The molecule has 2 atom stereocenters. The standard InChI is InChI=1S/C15H16O2/c16-11-14(12-7-3-1-4-8-12)15(17)13-9-5-2-6-10-13/h1-10,14-17H,11H2. The van der Waals surface area contributed by atoms with Gasteiger partial charge in [0.15, 0.2) is 0 Å². The van der Waals surface area contributed by atoms with E-state index in [1.54, 1.807) is 0 Å². The first-order valence-corrected chi connectivity index (χ1v) is 5.71. The predicted octanol–water partition coefficient (Wildman–Crippen LogP) is 2.50. The van der Waals surface area contributed by atoms with Gasteiger partial charge in [0.2, 0.25) is 0 Å². The monoisotopic (exact) mass is 228 g/mol. The first-order valence-electron chi connectivity index (χ1n) is 5.71. The Balaban J connectivity index is 2.25. The molecule has 0 bridgehead atoms. The summed E-state index contributed by atoms with van der Waals surface area (Å²) in [5.41, 5.74) is 1.78. The molecule has 2 rings (SSSR count). The summed E-state index contributed by atoms with van der Waals surface area (Å²) in [7, 11) is 0. The molecule has 0 radical (unpaired) electrons.